The van der Waals surface area contributed by atoms with E-state index in [9.17, 15) is 4.79 Å². The van der Waals surface area contributed by atoms with Crippen molar-refractivity contribution < 1.29 is 23.7 Å². The Labute approximate surface area is 323 Å². The van der Waals surface area contributed by atoms with Gasteiger partial charge in [-0.1, -0.05) is 158 Å². The van der Waals surface area contributed by atoms with Crippen LogP contribution >= 0.6 is 0 Å². The molecule has 6 heteroatoms. The predicted molar refractivity (Wildman–Crippen MR) is 218 cm³/mol. The minimum atomic E-state index is -0.876. The van der Waals surface area contributed by atoms with E-state index in [1.807, 2.05) is 84.9 Å². The Kier molecular flexibility index (Phi) is 11.8. The average molecular weight is 726 g/mol. The van der Waals surface area contributed by atoms with Crippen molar-refractivity contribution in [2.24, 2.45) is 5.92 Å². The molecule has 7 rings (SSSR count). The molecule has 0 saturated carbocycles. The third-order valence-corrected chi connectivity index (χ3v) is 9.71. The van der Waals surface area contributed by atoms with Crippen molar-refractivity contribution in [3.63, 3.8) is 0 Å². The zero-order chi connectivity index (χ0) is 37.9. The molecule has 0 saturated heterocycles. The predicted octanol–water partition coefficient (Wildman–Crippen LogP) is 10.3. The molecule has 6 nitrogen and oxygen atoms in total. The molecular weight excluding hydrogens is 683 g/mol. The maximum absolute atomic E-state index is 14.0. The van der Waals surface area contributed by atoms with Gasteiger partial charge < -0.3 is 18.9 Å². The molecule has 0 N–H and O–H groups in total. The summed E-state index contributed by atoms with van der Waals surface area (Å²) in [4.78, 5) is 15.6. The number of ether oxygens (including phenoxy) is 4. The fourth-order valence-corrected chi connectivity index (χ4v) is 6.99. The van der Waals surface area contributed by atoms with Gasteiger partial charge in [0.2, 0.25) is 0 Å². The number of amides is 1. The Morgan fingerprint density at radius 2 is 1.24 bits per heavy atom. The Bertz CT molecular complexity index is 2150. The summed E-state index contributed by atoms with van der Waals surface area (Å²) in [5.41, 5.74) is 5.90. The molecule has 0 radical (unpaired) electrons. The van der Waals surface area contributed by atoms with Gasteiger partial charge in [-0.25, -0.2) is 4.79 Å². The van der Waals surface area contributed by atoms with Gasteiger partial charge >= 0.3 is 6.09 Å². The first-order valence-corrected chi connectivity index (χ1v) is 18.4. The van der Waals surface area contributed by atoms with Crippen LogP contribution in [0.3, 0.4) is 0 Å². The van der Waals surface area contributed by atoms with E-state index < -0.39 is 17.7 Å². The molecule has 0 spiro atoms. The topological polar surface area (TPSA) is 57.2 Å². The average Bonchev–Trinajstić information content (AvgIpc) is 3.25. The van der Waals surface area contributed by atoms with Crippen molar-refractivity contribution in [1.29, 1.82) is 0 Å². The van der Waals surface area contributed by atoms with Gasteiger partial charge in [0.25, 0.3) is 0 Å². The molecule has 0 fully saturated rings. The zero-order valence-corrected chi connectivity index (χ0v) is 31.0. The fraction of sp³-hybridized carbons (Fsp3) is 0.163. The number of nitrogens with zero attached hydrogens (tertiary/aromatic N) is 1. The summed E-state index contributed by atoms with van der Waals surface area (Å²) in [5.74, 6) is 7.66. The van der Waals surface area contributed by atoms with Crippen molar-refractivity contribution >= 4 is 17.4 Å². The minimum Gasteiger partial charge on any atom is -0.497 e. The van der Waals surface area contributed by atoms with Gasteiger partial charge in [0, 0.05) is 11.5 Å². The smallest absolute Gasteiger partial charge is 0.421 e. The van der Waals surface area contributed by atoms with Crippen molar-refractivity contribution in [3.05, 3.63) is 204 Å². The number of carbonyl (C=O) groups is 1. The first kappa shape index (κ1) is 36.9. The van der Waals surface area contributed by atoms with E-state index >= 15 is 0 Å². The Hall–Kier alpha value is -6.39. The minimum absolute atomic E-state index is 0.0976. The van der Waals surface area contributed by atoms with E-state index in [1.54, 1.807) is 24.1 Å². The van der Waals surface area contributed by atoms with Crippen LogP contribution in [-0.2, 0) is 21.7 Å². The third-order valence-electron chi connectivity index (χ3n) is 9.71. The number of hydrogen-bond acceptors (Lipinski definition) is 5. The highest BCUT2D eigenvalue weighted by atomic mass is 16.6. The van der Waals surface area contributed by atoms with Gasteiger partial charge in [-0.05, 0) is 64.2 Å². The van der Waals surface area contributed by atoms with Crippen LogP contribution in [-0.4, -0.2) is 32.5 Å². The summed E-state index contributed by atoms with van der Waals surface area (Å²) in [6.07, 6.45) is 1.54. The fourth-order valence-electron chi connectivity index (χ4n) is 6.99. The van der Waals surface area contributed by atoms with Crippen LogP contribution < -0.4 is 14.4 Å². The molecule has 0 aliphatic carbocycles. The van der Waals surface area contributed by atoms with Crippen LogP contribution in [0.1, 0.15) is 34.7 Å². The highest BCUT2D eigenvalue weighted by molar-refractivity contribution is 5.98. The molecule has 2 atom stereocenters. The first-order valence-electron chi connectivity index (χ1n) is 18.4. The number of fused-ring (bicyclic) bond motifs is 1. The molecule has 55 heavy (non-hydrogen) atoms. The lowest BCUT2D eigenvalue weighted by Crippen LogP contribution is -2.43. The molecule has 0 unspecified atom stereocenters. The van der Waals surface area contributed by atoms with E-state index in [2.05, 4.69) is 97.6 Å². The van der Waals surface area contributed by atoms with Crippen LogP contribution in [0.25, 0.3) is 5.57 Å². The van der Waals surface area contributed by atoms with Crippen LogP contribution in [0, 0.1) is 17.8 Å². The van der Waals surface area contributed by atoms with E-state index in [0.717, 1.165) is 39.1 Å². The maximum atomic E-state index is 14.0. The van der Waals surface area contributed by atoms with Gasteiger partial charge in [-0.15, -0.1) is 0 Å². The Morgan fingerprint density at radius 3 is 1.82 bits per heavy atom. The summed E-state index contributed by atoms with van der Waals surface area (Å²) >= 11 is 0. The number of anilines is 1. The van der Waals surface area contributed by atoms with Crippen LogP contribution in [0.2, 0.25) is 0 Å². The van der Waals surface area contributed by atoms with Gasteiger partial charge in [0.15, 0.2) is 0 Å². The summed E-state index contributed by atoms with van der Waals surface area (Å²) in [5, 5.41) is 0. The molecule has 1 heterocycles. The van der Waals surface area contributed by atoms with Gasteiger partial charge in [-0.3, -0.25) is 4.90 Å². The van der Waals surface area contributed by atoms with Crippen molar-refractivity contribution in [3.8, 4) is 23.3 Å². The van der Waals surface area contributed by atoms with Crippen LogP contribution in [0.15, 0.2) is 176 Å². The molecular formula is C49H43NO5. The Balaban J connectivity index is 1.22. The summed E-state index contributed by atoms with van der Waals surface area (Å²) in [6, 6.07) is 55.2. The van der Waals surface area contributed by atoms with E-state index in [1.165, 1.54) is 0 Å². The molecule has 1 amide bonds. The lowest BCUT2D eigenvalue weighted by Gasteiger charge is -2.38. The third kappa shape index (κ3) is 8.40. The quantitative estimate of drug-likeness (QED) is 0.0714. The Morgan fingerprint density at radius 1 is 0.691 bits per heavy atom. The van der Waals surface area contributed by atoms with Gasteiger partial charge in [0.1, 0.15) is 29.7 Å². The molecule has 274 valence electrons. The normalized spacial score (nSPS) is 14.1. The van der Waals surface area contributed by atoms with E-state index in [0.29, 0.717) is 24.7 Å². The lowest BCUT2D eigenvalue weighted by atomic mass is 9.79. The highest BCUT2D eigenvalue weighted by Crippen LogP contribution is 2.43. The largest absolute Gasteiger partial charge is 0.497 e. The van der Waals surface area contributed by atoms with Crippen molar-refractivity contribution in [2.75, 3.05) is 25.2 Å². The second kappa shape index (κ2) is 17.6. The SMILES string of the molecule is COc1ccc(COCC#C[C@H]2C=C([C@@H](C)COC(c3ccccc3)(c3ccccc3)c3ccccc3)c3ccccc3N2C(=O)Oc2ccccc2)cc1. The van der Waals surface area contributed by atoms with Crippen molar-refractivity contribution in [1.82, 2.24) is 0 Å². The van der Waals surface area contributed by atoms with Crippen molar-refractivity contribution in [2.45, 2.75) is 25.2 Å². The molecule has 0 aromatic heterocycles. The number of hydrogen-bond donors (Lipinski definition) is 0. The first-order chi connectivity index (χ1) is 27.1. The van der Waals surface area contributed by atoms with E-state index in [4.69, 9.17) is 18.9 Å². The zero-order valence-electron chi connectivity index (χ0n) is 31.0. The number of para-hydroxylation sites is 2. The number of benzene rings is 6. The molecule has 6 aromatic carbocycles. The summed E-state index contributed by atoms with van der Waals surface area (Å²) in [6.45, 7) is 3.11. The van der Waals surface area contributed by atoms with Crippen LogP contribution in [0.4, 0.5) is 10.5 Å². The summed E-state index contributed by atoms with van der Waals surface area (Å²) in [7, 11) is 1.64. The molecule has 1 aliphatic rings. The van der Waals surface area contributed by atoms with E-state index in [-0.39, 0.29) is 12.5 Å². The lowest BCUT2D eigenvalue weighted by molar-refractivity contribution is 0.00318. The second-order valence-electron chi connectivity index (χ2n) is 13.3. The second-order valence-corrected chi connectivity index (χ2v) is 13.3. The standard InChI is InChI=1S/C49H43NO5/c1-37(35-54-49(39-18-7-3-8-19-39,40-20-9-4-10-21-40)41-22-11-5-12-23-41)46-34-42(24-17-33-53-36-38-29-31-43(52-2)32-30-38)50(47-28-16-15-27-45(46)47)48(51)55-44-25-13-6-14-26-44/h3-16,18-23,25-32,34,37,42H,33,35-36H2,1-2H3/t37-,42-/m0/s1. The maximum Gasteiger partial charge on any atom is 0.421 e. The molecule has 0 bridgehead atoms. The van der Waals surface area contributed by atoms with Crippen LogP contribution in [0.5, 0.6) is 11.5 Å². The van der Waals surface area contributed by atoms with Gasteiger partial charge in [-0.2, -0.15) is 0 Å². The number of rotatable bonds is 12. The monoisotopic (exact) mass is 725 g/mol. The number of carbonyl (C=O) groups excluding carboxylic acids is 1. The summed E-state index contributed by atoms with van der Waals surface area (Å²) < 4.78 is 24.4. The highest BCUT2D eigenvalue weighted by Gasteiger charge is 2.39. The molecule has 1 aliphatic heterocycles. The van der Waals surface area contributed by atoms with Gasteiger partial charge in [0.05, 0.1) is 26.0 Å². The number of methoxy groups -OCH3 is 1. The molecule has 6 aromatic rings.